The highest BCUT2D eigenvalue weighted by molar-refractivity contribution is 7.10. The number of hydrogen-bond donors (Lipinski definition) is 0. The second kappa shape index (κ2) is 6.39. The number of anilines is 1. The molecule has 4 rings (SSSR count). The lowest BCUT2D eigenvalue weighted by Crippen LogP contribution is -2.40. The molecule has 0 unspecified atom stereocenters. The lowest BCUT2D eigenvalue weighted by molar-refractivity contribution is -0.131. The highest BCUT2D eigenvalue weighted by Crippen LogP contribution is 2.35. The molecule has 126 valence electrons. The highest BCUT2D eigenvalue weighted by atomic mass is 32.1. The molecule has 2 atom stereocenters. The van der Waals surface area contributed by atoms with Crippen LogP contribution in [-0.2, 0) is 11.2 Å². The maximum Gasteiger partial charge on any atom is 0.228 e. The highest BCUT2D eigenvalue weighted by Gasteiger charge is 2.44. The summed E-state index contributed by atoms with van der Waals surface area (Å²) < 4.78 is 5.20. The van der Waals surface area contributed by atoms with Crippen molar-refractivity contribution >= 4 is 23.1 Å². The summed E-state index contributed by atoms with van der Waals surface area (Å²) in [6, 6.07) is 6.54. The zero-order chi connectivity index (χ0) is 16.5. The molecule has 4 heterocycles. The summed E-state index contributed by atoms with van der Waals surface area (Å²) in [5.41, 5.74) is 0. The van der Waals surface area contributed by atoms with Gasteiger partial charge in [-0.05, 0) is 24.3 Å². The smallest absolute Gasteiger partial charge is 0.228 e. The number of methoxy groups -OCH3 is 1. The van der Waals surface area contributed by atoms with Gasteiger partial charge in [0, 0.05) is 24.0 Å². The van der Waals surface area contributed by atoms with Gasteiger partial charge < -0.3 is 14.5 Å². The van der Waals surface area contributed by atoms with E-state index in [1.165, 1.54) is 6.33 Å². The van der Waals surface area contributed by atoms with E-state index in [0.29, 0.717) is 24.4 Å². The monoisotopic (exact) mass is 344 g/mol. The molecule has 2 aromatic heterocycles. The lowest BCUT2D eigenvalue weighted by Gasteiger charge is -2.26. The number of ether oxygens (including phenoxy) is 1. The maximum absolute atomic E-state index is 12.7. The number of hydrogen-bond acceptors (Lipinski definition) is 6. The summed E-state index contributed by atoms with van der Waals surface area (Å²) in [5, 5.41) is 2.02. The van der Waals surface area contributed by atoms with E-state index in [1.807, 2.05) is 23.6 Å². The third kappa shape index (κ3) is 2.73. The van der Waals surface area contributed by atoms with Gasteiger partial charge in [0.2, 0.25) is 11.8 Å². The Labute approximate surface area is 145 Å². The van der Waals surface area contributed by atoms with E-state index in [4.69, 9.17) is 4.74 Å². The zero-order valence-electron chi connectivity index (χ0n) is 13.6. The fourth-order valence-corrected chi connectivity index (χ4v) is 4.54. The van der Waals surface area contributed by atoms with Crippen LogP contribution < -0.4 is 9.64 Å². The molecule has 1 amide bonds. The Morgan fingerprint density at radius 3 is 3.00 bits per heavy atom. The predicted molar refractivity (Wildman–Crippen MR) is 92.5 cm³/mol. The van der Waals surface area contributed by atoms with Gasteiger partial charge in [0.1, 0.15) is 12.1 Å². The summed E-state index contributed by atoms with van der Waals surface area (Å²) in [5.74, 6) is 1.71. The molecule has 2 aliphatic rings. The molecule has 2 saturated heterocycles. The van der Waals surface area contributed by atoms with E-state index >= 15 is 0 Å². The van der Waals surface area contributed by atoms with Crippen LogP contribution in [0.3, 0.4) is 0 Å². The van der Waals surface area contributed by atoms with Crippen LogP contribution in [0.4, 0.5) is 5.82 Å². The molecular weight excluding hydrogens is 324 g/mol. The molecule has 2 aromatic rings. The number of thiophene rings is 1. The van der Waals surface area contributed by atoms with Gasteiger partial charge >= 0.3 is 0 Å². The van der Waals surface area contributed by atoms with E-state index in [0.717, 1.165) is 36.6 Å². The number of carbonyl (C=O) groups excluding carboxylic acids is 1. The molecule has 0 bridgehead atoms. The van der Waals surface area contributed by atoms with Crippen LogP contribution in [0.15, 0.2) is 29.9 Å². The first kappa shape index (κ1) is 15.4. The number of carbonyl (C=O) groups is 1. The fraction of sp³-hybridized carbons (Fsp3) is 0.471. The van der Waals surface area contributed by atoms with Crippen LogP contribution in [0.5, 0.6) is 5.88 Å². The minimum Gasteiger partial charge on any atom is -0.481 e. The minimum absolute atomic E-state index is 0.243. The first-order valence-electron chi connectivity index (χ1n) is 8.21. The van der Waals surface area contributed by atoms with Crippen molar-refractivity contribution in [3.8, 4) is 5.88 Å². The molecule has 0 N–H and O–H groups in total. The van der Waals surface area contributed by atoms with Gasteiger partial charge in [-0.25, -0.2) is 9.97 Å². The Morgan fingerprint density at radius 2 is 2.21 bits per heavy atom. The summed E-state index contributed by atoms with van der Waals surface area (Å²) in [6.45, 7) is 1.75. The fourth-order valence-electron chi connectivity index (χ4n) is 3.84. The van der Waals surface area contributed by atoms with E-state index in [-0.39, 0.29) is 5.91 Å². The number of aromatic nitrogens is 2. The van der Waals surface area contributed by atoms with Gasteiger partial charge in [-0.1, -0.05) is 6.07 Å². The zero-order valence-corrected chi connectivity index (χ0v) is 14.4. The molecule has 2 fully saturated rings. The standard InChI is InChI=1S/C17H20N4O2S/c1-23-16-10-15(18-11-19-16)20-6-4-14-13(20)5-7-21(14)17(22)9-12-3-2-8-24-12/h2-3,8,10-11,13-14H,4-7,9H2,1H3/t13-,14+/m0/s1. The molecular formula is C17H20N4O2S. The van der Waals surface area contributed by atoms with Crippen LogP contribution in [0, 0.1) is 0 Å². The van der Waals surface area contributed by atoms with Gasteiger partial charge in [-0.2, -0.15) is 0 Å². The molecule has 0 radical (unpaired) electrons. The van der Waals surface area contributed by atoms with Gasteiger partial charge in [0.05, 0.1) is 25.6 Å². The first-order chi connectivity index (χ1) is 11.8. The molecule has 0 spiro atoms. The van der Waals surface area contributed by atoms with Crippen molar-refractivity contribution in [1.29, 1.82) is 0 Å². The average molecular weight is 344 g/mol. The van der Waals surface area contributed by atoms with Gasteiger partial charge in [0.25, 0.3) is 0 Å². The van der Waals surface area contributed by atoms with Crippen molar-refractivity contribution < 1.29 is 9.53 Å². The average Bonchev–Trinajstić information content (AvgIpc) is 3.31. The van der Waals surface area contributed by atoms with Crippen molar-refractivity contribution in [3.63, 3.8) is 0 Å². The first-order valence-corrected chi connectivity index (χ1v) is 9.09. The van der Waals surface area contributed by atoms with Crippen LogP contribution in [0.1, 0.15) is 17.7 Å². The van der Waals surface area contributed by atoms with E-state index < -0.39 is 0 Å². The molecule has 0 saturated carbocycles. The molecule has 2 aliphatic heterocycles. The molecule has 24 heavy (non-hydrogen) atoms. The lowest BCUT2D eigenvalue weighted by atomic mass is 10.1. The number of likely N-dealkylation sites (tertiary alicyclic amines) is 1. The van der Waals surface area contributed by atoms with Crippen LogP contribution in [0.2, 0.25) is 0 Å². The minimum atomic E-state index is 0.243. The maximum atomic E-state index is 12.7. The molecule has 6 nitrogen and oxygen atoms in total. The van der Waals surface area contributed by atoms with Crippen LogP contribution in [-0.4, -0.2) is 53.1 Å². The number of amides is 1. The normalized spacial score (nSPS) is 22.7. The third-order valence-electron chi connectivity index (χ3n) is 4.93. The van der Waals surface area contributed by atoms with Crippen LogP contribution in [0.25, 0.3) is 0 Å². The number of nitrogens with zero attached hydrogens (tertiary/aromatic N) is 4. The topological polar surface area (TPSA) is 58.6 Å². The number of fused-ring (bicyclic) bond motifs is 1. The second-order valence-electron chi connectivity index (χ2n) is 6.17. The van der Waals surface area contributed by atoms with Gasteiger partial charge in [-0.15, -0.1) is 11.3 Å². The largest absolute Gasteiger partial charge is 0.481 e. The Balaban J connectivity index is 1.48. The van der Waals surface area contributed by atoms with E-state index in [9.17, 15) is 4.79 Å². The molecule has 0 aliphatic carbocycles. The second-order valence-corrected chi connectivity index (χ2v) is 7.20. The predicted octanol–water partition coefficient (Wildman–Crippen LogP) is 1.97. The van der Waals surface area contributed by atoms with Crippen molar-refractivity contribution in [2.24, 2.45) is 0 Å². The quantitative estimate of drug-likeness (QED) is 0.849. The van der Waals surface area contributed by atoms with Crippen molar-refractivity contribution in [3.05, 3.63) is 34.8 Å². The molecule has 7 heteroatoms. The van der Waals surface area contributed by atoms with Crippen molar-refractivity contribution in [2.45, 2.75) is 31.3 Å². The van der Waals surface area contributed by atoms with E-state index in [2.05, 4.69) is 19.8 Å². The Hall–Kier alpha value is -2.15. The Morgan fingerprint density at radius 1 is 1.33 bits per heavy atom. The van der Waals surface area contributed by atoms with E-state index in [1.54, 1.807) is 18.4 Å². The molecule has 0 aromatic carbocycles. The van der Waals surface area contributed by atoms with Crippen LogP contribution >= 0.6 is 11.3 Å². The number of rotatable bonds is 4. The van der Waals surface area contributed by atoms with Gasteiger partial charge in [0.15, 0.2) is 0 Å². The Bertz CT molecular complexity index is 721. The third-order valence-corrected chi connectivity index (χ3v) is 5.81. The van der Waals surface area contributed by atoms with Gasteiger partial charge in [-0.3, -0.25) is 4.79 Å². The summed E-state index contributed by atoms with van der Waals surface area (Å²) in [4.78, 5) is 26.6. The SMILES string of the molecule is COc1cc(N2CC[C@@H]3[C@@H]2CCN3C(=O)Cc2cccs2)ncn1. The summed E-state index contributed by atoms with van der Waals surface area (Å²) >= 11 is 1.65. The van der Waals surface area contributed by atoms with Crippen molar-refractivity contribution in [2.75, 3.05) is 25.1 Å². The summed E-state index contributed by atoms with van der Waals surface area (Å²) in [7, 11) is 1.61. The summed E-state index contributed by atoms with van der Waals surface area (Å²) in [6.07, 6.45) is 4.04. The van der Waals surface area contributed by atoms with Crippen molar-refractivity contribution in [1.82, 2.24) is 14.9 Å². The Kier molecular flexibility index (Phi) is 4.10.